The van der Waals surface area contributed by atoms with Gasteiger partial charge in [0.05, 0.1) is 6.61 Å². The first-order valence-corrected chi connectivity index (χ1v) is 8.61. The SMILES string of the molecule is CCCCCCOc1cccc(NC(=O)Nc2ccc(Cl)cc2)c1. The predicted octanol–water partition coefficient (Wildman–Crippen LogP) is 5.94. The van der Waals surface area contributed by atoms with Gasteiger partial charge in [0.1, 0.15) is 5.75 Å². The fourth-order valence-corrected chi connectivity index (χ4v) is 2.34. The molecule has 0 spiro atoms. The van der Waals surface area contributed by atoms with Crippen molar-refractivity contribution in [2.45, 2.75) is 32.6 Å². The van der Waals surface area contributed by atoms with E-state index in [9.17, 15) is 4.79 Å². The van der Waals surface area contributed by atoms with Crippen LogP contribution in [-0.2, 0) is 0 Å². The van der Waals surface area contributed by atoms with E-state index in [-0.39, 0.29) is 6.03 Å². The van der Waals surface area contributed by atoms with Crippen molar-refractivity contribution < 1.29 is 9.53 Å². The molecule has 0 saturated heterocycles. The molecule has 2 aromatic rings. The summed E-state index contributed by atoms with van der Waals surface area (Å²) in [5.74, 6) is 0.760. The van der Waals surface area contributed by atoms with Crippen molar-refractivity contribution in [3.63, 3.8) is 0 Å². The van der Waals surface area contributed by atoms with Crippen molar-refractivity contribution >= 4 is 29.0 Å². The second-order valence-corrected chi connectivity index (χ2v) is 5.96. The van der Waals surface area contributed by atoms with Gasteiger partial charge in [0, 0.05) is 22.5 Å². The molecule has 0 bridgehead atoms. The topological polar surface area (TPSA) is 50.4 Å². The second kappa shape index (κ2) is 9.83. The number of carbonyl (C=O) groups is 1. The third-order valence-electron chi connectivity index (χ3n) is 3.46. The van der Waals surface area contributed by atoms with E-state index in [1.807, 2.05) is 24.3 Å². The van der Waals surface area contributed by atoms with Gasteiger partial charge in [-0.1, -0.05) is 43.9 Å². The lowest BCUT2D eigenvalue weighted by molar-refractivity contribution is 0.262. The number of anilines is 2. The van der Waals surface area contributed by atoms with Gasteiger partial charge < -0.3 is 15.4 Å². The first-order chi connectivity index (χ1) is 11.7. The summed E-state index contributed by atoms with van der Waals surface area (Å²) in [4.78, 5) is 12.0. The summed E-state index contributed by atoms with van der Waals surface area (Å²) in [7, 11) is 0. The lowest BCUT2D eigenvalue weighted by atomic mass is 10.2. The molecule has 128 valence electrons. The minimum atomic E-state index is -0.308. The highest BCUT2D eigenvalue weighted by Crippen LogP contribution is 2.19. The quantitative estimate of drug-likeness (QED) is 0.581. The minimum absolute atomic E-state index is 0.308. The number of rotatable bonds is 8. The molecule has 0 saturated carbocycles. The molecule has 0 aliphatic heterocycles. The Morgan fingerprint density at radius 1 is 1.00 bits per heavy atom. The van der Waals surface area contributed by atoms with E-state index in [1.165, 1.54) is 19.3 Å². The molecule has 0 aromatic heterocycles. The lowest BCUT2D eigenvalue weighted by Crippen LogP contribution is -2.19. The first-order valence-electron chi connectivity index (χ1n) is 8.24. The second-order valence-electron chi connectivity index (χ2n) is 5.52. The fourth-order valence-electron chi connectivity index (χ4n) is 2.21. The molecule has 0 heterocycles. The van der Waals surface area contributed by atoms with Crippen LogP contribution >= 0.6 is 11.6 Å². The predicted molar refractivity (Wildman–Crippen MR) is 100 cm³/mol. The maximum Gasteiger partial charge on any atom is 0.323 e. The Labute approximate surface area is 148 Å². The van der Waals surface area contributed by atoms with Crippen molar-refractivity contribution in [3.8, 4) is 5.75 Å². The van der Waals surface area contributed by atoms with Crippen molar-refractivity contribution in [2.75, 3.05) is 17.2 Å². The molecule has 0 aliphatic carbocycles. The summed E-state index contributed by atoms with van der Waals surface area (Å²) in [6.45, 7) is 2.88. The van der Waals surface area contributed by atoms with Crippen LogP contribution in [0.15, 0.2) is 48.5 Å². The fraction of sp³-hybridized carbons (Fsp3) is 0.316. The monoisotopic (exact) mass is 346 g/mol. The van der Waals surface area contributed by atoms with Crippen LogP contribution < -0.4 is 15.4 Å². The molecule has 2 amide bonds. The van der Waals surface area contributed by atoms with Crippen molar-refractivity contribution in [1.29, 1.82) is 0 Å². The molecule has 0 aliphatic rings. The number of nitrogens with one attached hydrogen (secondary N) is 2. The number of unbranched alkanes of at least 4 members (excludes halogenated alkanes) is 3. The van der Waals surface area contributed by atoms with Gasteiger partial charge in [-0.2, -0.15) is 0 Å². The number of carbonyl (C=O) groups excluding carboxylic acids is 1. The Hall–Kier alpha value is -2.20. The molecular weight excluding hydrogens is 324 g/mol. The molecule has 0 unspecified atom stereocenters. The third kappa shape index (κ3) is 6.50. The average Bonchev–Trinajstić information content (AvgIpc) is 2.57. The molecule has 24 heavy (non-hydrogen) atoms. The molecule has 0 radical (unpaired) electrons. The normalized spacial score (nSPS) is 10.2. The summed E-state index contributed by atoms with van der Waals surface area (Å²) >= 11 is 5.82. The Morgan fingerprint density at radius 2 is 1.75 bits per heavy atom. The van der Waals surface area contributed by atoms with E-state index in [0.29, 0.717) is 23.0 Å². The highest BCUT2D eigenvalue weighted by Gasteiger charge is 2.04. The number of ether oxygens (including phenoxy) is 1. The van der Waals surface area contributed by atoms with E-state index in [0.717, 1.165) is 12.2 Å². The molecule has 4 nitrogen and oxygen atoms in total. The van der Waals surface area contributed by atoms with E-state index in [2.05, 4.69) is 17.6 Å². The minimum Gasteiger partial charge on any atom is -0.494 e. The number of halogens is 1. The molecular formula is C19H23ClN2O2. The Balaban J connectivity index is 1.82. The summed E-state index contributed by atoms with van der Waals surface area (Å²) in [6, 6.07) is 14.0. The standard InChI is InChI=1S/C19H23ClN2O2/c1-2-3-4-5-13-24-18-8-6-7-17(14-18)22-19(23)21-16-11-9-15(20)10-12-16/h6-12,14H,2-5,13H2,1H3,(H2,21,22,23). The van der Waals surface area contributed by atoms with E-state index in [1.54, 1.807) is 24.3 Å². The summed E-state index contributed by atoms with van der Waals surface area (Å²) < 4.78 is 5.72. The maximum absolute atomic E-state index is 12.0. The van der Waals surface area contributed by atoms with Crippen LogP contribution in [-0.4, -0.2) is 12.6 Å². The summed E-state index contributed by atoms with van der Waals surface area (Å²) in [6.07, 6.45) is 4.67. The lowest BCUT2D eigenvalue weighted by Gasteiger charge is -2.10. The van der Waals surface area contributed by atoms with Crippen LogP contribution in [0.5, 0.6) is 5.75 Å². The van der Waals surface area contributed by atoms with Gasteiger partial charge in [-0.05, 0) is 42.8 Å². The number of hydrogen-bond acceptors (Lipinski definition) is 2. The van der Waals surface area contributed by atoms with Gasteiger partial charge in [0.25, 0.3) is 0 Å². The average molecular weight is 347 g/mol. The number of urea groups is 1. The zero-order valence-corrected chi connectivity index (χ0v) is 14.6. The van der Waals surface area contributed by atoms with Gasteiger partial charge in [-0.15, -0.1) is 0 Å². The van der Waals surface area contributed by atoms with E-state index < -0.39 is 0 Å². The molecule has 0 fully saturated rings. The highest BCUT2D eigenvalue weighted by molar-refractivity contribution is 6.30. The van der Waals surface area contributed by atoms with Gasteiger partial charge in [0.15, 0.2) is 0 Å². The summed E-state index contributed by atoms with van der Waals surface area (Å²) in [5.41, 5.74) is 1.37. The zero-order valence-electron chi connectivity index (χ0n) is 13.8. The number of benzene rings is 2. The molecule has 5 heteroatoms. The van der Waals surface area contributed by atoms with Crippen molar-refractivity contribution in [1.82, 2.24) is 0 Å². The van der Waals surface area contributed by atoms with Gasteiger partial charge >= 0.3 is 6.03 Å². The number of hydrogen-bond donors (Lipinski definition) is 2. The van der Waals surface area contributed by atoms with Crippen LogP contribution in [0.2, 0.25) is 5.02 Å². The molecule has 2 N–H and O–H groups in total. The Bertz CT molecular complexity index is 644. The highest BCUT2D eigenvalue weighted by atomic mass is 35.5. The van der Waals surface area contributed by atoms with Gasteiger partial charge in [0.2, 0.25) is 0 Å². The smallest absolute Gasteiger partial charge is 0.323 e. The largest absolute Gasteiger partial charge is 0.494 e. The van der Waals surface area contributed by atoms with E-state index >= 15 is 0 Å². The van der Waals surface area contributed by atoms with Crippen LogP contribution in [0.25, 0.3) is 0 Å². The molecule has 0 atom stereocenters. The van der Waals surface area contributed by atoms with E-state index in [4.69, 9.17) is 16.3 Å². The van der Waals surface area contributed by atoms with Gasteiger partial charge in [-0.25, -0.2) is 4.79 Å². The Kier molecular flexibility index (Phi) is 7.43. The Morgan fingerprint density at radius 3 is 2.50 bits per heavy atom. The van der Waals surface area contributed by atoms with Crippen LogP contribution in [0, 0.1) is 0 Å². The van der Waals surface area contributed by atoms with Crippen molar-refractivity contribution in [2.24, 2.45) is 0 Å². The van der Waals surface area contributed by atoms with Crippen LogP contribution in [0.4, 0.5) is 16.2 Å². The third-order valence-corrected chi connectivity index (χ3v) is 3.71. The van der Waals surface area contributed by atoms with Crippen molar-refractivity contribution in [3.05, 3.63) is 53.6 Å². The van der Waals surface area contributed by atoms with Crippen LogP contribution in [0.1, 0.15) is 32.6 Å². The zero-order chi connectivity index (χ0) is 17.2. The molecule has 2 aromatic carbocycles. The number of amides is 2. The molecule has 2 rings (SSSR count). The maximum atomic E-state index is 12.0. The van der Waals surface area contributed by atoms with Crippen LogP contribution in [0.3, 0.4) is 0 Å². The summed E-state index contributed by atoms with van der Waals surface area (Å²) in [5, 5.41) is 6.18. The van der Waals surface area contributed by atoms with Gasteiger partial charge in [-0.3, -0.25) is 0 Å². The first kappa shape index (κ1) is 18.1.